The lowest BCUT2D eigenvalue weighted by Gasteiger charge is -2.11. The standard InChI is InChI=1S/C13H17NO2/c1-3-16-12(15)13(14)8-11(13)10-7-5-4-6-9(10)2/h4-7,11H,3,8,14H2,1-2H3. The Morgan fingerprint density at radius 2 is 2.25 bits per heavy atom. The summed E-state index contributed by atoms with van der Waals surface area (Å²) >= 11 is 0. The molecular formula is C13H17NO2. The third-order valence-corrected chi connectivity index (χ3v) is 3.22. The molecule has 16 heavy (non-hydrogen) atoms. The molecule has 1 fully saturated rings. The van der Waals surface area contributed by atoms with Gasteiger partial charge in [0.05, 0.1) is 6.61 Å². The minimum atomic E-state index is -0.790. The Bertz CT molecular complexity index is 416. The molecule has 1 aromatic carbocycles. The lowest BCUT2D eigenvalue weighted by Crippen LogP contribution is -2.36. The maximum Gasteiger partial charge on any atom is 0.326 e. The number of aryl methyl sites for hydroxylation is 1. The summed E-state index contributed by atoms with van der Waals surface area (Å²) in [6.07, 6.45) is 0.691. The zero-order chi connectivity index (χ0) is 11.8. The Hall–Kier alpha value is -1.35. The topological polar surface area (TPSA) is 52.3 Å². The number of hydrogen-bond donors (Lipinski definition) is 1. The number of rotatable bonds is 3. The Morgan fingerprint density at radius 1 is 1.56 bits per heavy atom. The molecule has 2 unspecified atom stereocenters. The maximum absolute atomic E-state index is 11.7. The molecular weight excluding hydrogens is 202 g/mol. The van der Waals surface area contributed by atoms with Crippen molar-refractivity contribution in [1.29, 1.82) is 0 Å². The van der Waals surface area contributed by atoms with Crippen LogP contribution in [0.4, 0.5) is 0 Å². The van der Waals surface area contributed by atoms with Gasteiger partial charge in [-0.2, -0.15) is 0 Å². The molecule has 2 atom stereocenters. The average molecular weight is 219 g/mol. The monoisotopic (exact) mass is 219 g/mol. The summed E-state index contributed by atoms with van der Waals surface area (Å²) in [7, 11) is 0. The second-order valence-electron chi connectivity index (χ2n) is 4.37. The summed E-state index contributed by atoms with van der Waals surface area (Å²) in [5.74, 6) is -0.156. The number of nitrogens with two attached hydrogens (primary N) is 1. The molecule has 1 aliphatic rings. The molecule has 86 valence electrons. The minimum absolute atomic E-state index is 0.118. The minimum Gasteiger partial charge on any atom is -0.465 e. The van der Waals surface area contributed by atoms with Gasteiger partial charge in [0.15, 0.2) is 0 Å². The number of esters is 1. The van der Waals surface area contributed by atoms with Gasteiger partial charge in [-0.15, -0.1) is 0 Å². The number of benzene rings is 1. The van der Waals surface area contributed by atoms with Crippen LogP contribution in [-0.4, -0.2) is 18.1 Å². The van der Waals surface area contributed by atoms with Gasteiger partial charge in [-0.05, 0) is 31.4 Å². The van der Waals surface area contributed by atoms with E-state index in [1.165, 1.54) is 5.56 Å². The van der Waals surface area contributed by atoms with Crippen LogP contribution in [0.5, 0.6) is 0 Å². The first kappa shape index (κ1) is 11.1. The molecule has 0 aliphatic heterocycles. The molecule has 3 heteroatoms. The largest absolute Gasteiger partial charge is 0.465 e. The van der Waals surface area contributed by atoms with Crippen molar-refractivity contribution in [2.45, 2.75) is 31.7 Å². The second kappa shape index (κ2) is 3.91. The van der Waals surface area contributed by atoms with Gasteiger partial charge in [0.2, 0.25) is 0 Å². The van der Waals surface area contributed by atoms with Crippen LogP contribution < -0.4 is 5.73 Å². The van der Waals surface area contributed by atoms with E-state index in [0.29, 0.717) is 13.0 Å². The molecule has 1 aromatic rings. The van der Waals surface area contributed by atoms with Crippen molar-refractivity contribution in [3.63, 3.8) is 0 Å². The first-order valence-electron chi connectivity index (χ1n) is 5.61. The predicted octanol–water partition coefficient (Wildman–Crippen LogP) is 1.74. The molecule has 2 N–H and O–H groups in total. The second-order valence-corrected chi connectivity index (χ2v) is 4.37. The summed E-state index contributed by atoms with van der Waals surface area (Å²) in [6.45, 7) is 4.23. The van der Waals surface area contributed by atoms with Crippen molar-refractivity contribution < 1.29 is 9.53 Å². The zero-order valence-corrected chi connectivity index (χ0v) is 9.69. The lowest BCUT2D eigenvalue weighted by molar-refractivity contribution is -0.145. The highest BCUT2D eigenvalue weighted by molar-refractivity contribution is 5.86. The third kappa shape index (κ3) is 1.71. The first-order chi connectivity index (χ1) is 7.59. The Balaban J connectivity index is 2.17. The van der Waals surface area contributed by atoms with Crippen LogP contribution in [0.25, 0.3) is 0 Å². The van der Waals surface area contributed by atoms with E-state index in [9.17, 15) is 4.79 Å². The quantitative estimate of drug-likeness (QED) is 0.788. The van der Waals surface area contributed by atoms with Crippen molar-refractivity contribution in [2.24, 2.45) is 5.73 Å². The maximum atomic E-state index is 11.7. The summed E-state index contributed by atoms with van der Waals surface area (Å²) in [4.78, 5) is 11.7. The molecule has 0 amide bonds. The van der Waals surface area contributed by atoms with Gasteiger partial charge in [0.1, 0.15) is 5.54 Å². The van der Waals surface area contributed by atoms with Gasteiger partial charge in [-0.25, -0.2) is 0 Å². The van der Waals surface area contributed by atoms with Gasteiger partial charge in [-0.3, -0.25) is 4.79 Å². The molecule has 0 heterocycles. The van der Waals surface area contributed by atoms with Crippen molar-refractivity contribution in [1.82, 2.24) is 0 Å². The van der Waals surface area contributed by atoms with E-state index in [2.05, 4.69) is 0 Å². The zero-order valence-electron chi connectivity index (χ0n) is 9.69. The third-order valence-electron chi connectivity index (χ3n) is 3.22. The summed E-state index contributed by atoms with van der Waals surface area (Å²) in [5.41, 5.74) is 7.61. The molecule has 0 spiro atoms. The van der Waals surface area contributed by atoms with Crippen LogP contribution in [0.2, 0.25) is 0 Å². The van der Waals surface area contributed by atoms with Gasteiger partial charge in [0, 0.05) is 5.92 Å². The van der Waals surface area contributed by atoms with Crippen LogP contribution in [-0.2, 0) is 9.53 Å². The van der Waals surface area contributed by atoms with Crippen LogP contribution >= 0.6 is 0 Å². The molecule has 3 nitrogen and oxygen atoms in total. The SMILES string of the molecule is CCOC(=O)C1(N)CC1c1ccccc1C. The lowest BCUT2D eigenvalue weighted by atomic mass is 10.0. The van der Waals surface area contributed by atoms with Gasteiger partial charge < -0.3 is 10.5 Å². The van der Waals surface area contributed by atoms with E-state index in [1.807, 2.05) is 31.2 Å². The van der Waals surface area contributed by atoms with E-state index < -0.39 is 5.54 Å². The fourth-order valence-electron chi connectivity index (χ4n) is 2.14. The van der Waals surface area contributed by atoms with E-state index in [-0.39, 0.29) is 11.9 Å². The molecule has 1 saturated carbocycles. The molecule has 0 radical (unpaired) electrons. The molecule has 0 saturated heterocycles. The fourth-order valence-corrected chi connectivity index (χ4v) is 2.14. The average Bonchev–Trinajstić information content (AvgIpc) is 2.93. The van der Waals surface area contributed by atoms with E-state index in [1.54, 1.807) is 6.92 Å². The number of ether oxygens (including phenoxy) is 1. The van der Waals surface area contributed by atoms with Gasteiger partial charge >= 0.3 is 5.97 Å². The summed E-state index contributed by atoms with van der Waals surface area (Å²) in [6, 6.07) is 8.04. The normalized spacial score (nSPS) is 27.6. The van der Waals surface area contributed by atoms with Gasteiger partial charge in [-0.1, -0.05) is 24.3 Å². The van der Waals surface area contributed by atoms with Crippen molar-refractivity contribution in [2.75, 3.05) is 6.61 Å². The van der Waals surface area contributed by atoms with Gasteiger partial charge in [0.25, 0.3) is 0 Å². The van der Waals surface area contributed by atoms with Crippen LogP contribution in [0.3, 0.4) is 0 Å². The summed E-state index contributed by atoms with van der Waals surface area (Å²) in [5, 5.41) is 0. The Morgan fingerprint density at radius 3 is 2.88 bits per heavy atom. The van der Waals surface area contributed by atoms with E-state index in [4.69, 9.17) is 10.5 Å². The van der Waals surface area contributed by atoms with Crippen LogP contribution in [0.15, 0.2) is 24.3 Å². The highest BCUT2D eigenvalue weighted by Crippen LogP contribution is 2.51. The van der Waals surface area contributed by atoms with E-state index >= 15 is 0 Å². The van der Waals surface area contributed by atoms with Crippen molar-refractivity contribution >= 4 is 5.97 Å². The number of carbonyl (C=O) groups excluding carboxylic acids is 1. The molecule has 2 rings (SSSR count). The smallest absolute Gasteiger partial charge is 0.326 e. The first-order valence-corrected chi connectivity index (χ1v) is 5.61. The fraction of sp³-hybridized carbons (Fsp3) is 0.462. The van der Waals surface area contributed by atoms with Crippen molar-refractivity contribution in [3.05, 3.63) is 35.4 Å². The van der Waals surface area contributed by atoms with Crippen LogP contribution in [0, 0.1) is 6.92 Å². The Labute approximate surface area is 95.6 Å². The highest BCUT2D eigenvalue weighted by atomic mass is 16.5. The van der Waals surface area contributed by atoms with Crippen LogP contribution in [0.1, 0.15) is 30.4 Å². The number of hydrogen-bond acceptors (Lipinski definition) is 3. The molecule has 0 aromatic heterocycles. The Kier molecular flexibility index (Phi) is 2.72. The van der Waals surface area contributed by atoms with Crippen molar-refractivity contribution in [3.8, 4) is 0 Å². The number of carbonyl (C=O) groups is 1. The summed E-state index contributed by atoms with van der Waals surface area (Å²) < 4.78 is 5.00. The predicted molar refractivity (Wildman–Crippen MR) is 62.1 cm³/mol. The molecule has 1 aliphatic carbocycles. The molecule has 0 bridgehead atoms. The highest BCUT2D eigenvalue weighted by Gasteiger charge is 2.59. The van der Waals surface area contributed by atoms with E-state index in [0.717, 1.165) is 5.56 Å².